The summed E-state index contributed by atoms with van der Waals surface area (Å²) in [4.78, 5) is 24.6. The lowest BCUT2D eigenvalue weighted by Gasteiger charge is -2.12. The van der Waals surface area contributed by atoms with Gasteiger partial charge in [-0.2, -0.15) is 0 Å². The van der Waals surface area contributed by atoms with Crippen molar-refractivity contribution in [1.82, 2.24) is 5.32 Å². The molecule has 1 heterocycles. The molecular weight excluding hydrogens is 302 g/mol. The van der Waals surface area contributed by atoms with Gasteiger partial charge < -0.3 is 15.2 Å². The van der Waals surface area contributed by atoms with Gasteiger partial charge in [-0.15, -0.1) is 11.3 Å². The van der Waals surface area contributed by atoms with E-state index in [-0.39, 0.29) is 29.9 Å². The fourth-order valence-electron chi connectivity index (χ4n) is 1.92. The molecule has 0 bridgehead atoms. The maximum absolute atomic E-state index is 11.8. The Morgan fingerprint density at radius 1 is 1.36 bits per heavy atom. The van der Waals surface area contributed by atoms with Crippen LogP contribution < -0.4 is 5.32 Å². The zero-order valence-corrected chi connectivity index (χ0v) is 13.1. The smallest absolute Gasteiger partial charge is 0.342 e. The molecule has 6 heteroatoms. The van der Waals surface area contributed by atoms with E-state index in [2.05, 4.69) is 5.32 Å². The van der Waals surface area contributed by atoms with Gasteiger partial charge in [0, 0.05) is 4.88 Å². The van der Waals surface area contributed by atoms with Crippen molar-refractivity contribution in [3.05, 3.63) is 51.7 Å². The van der Waals surface area contributed by atoms with Gasteiger partial charge >= 0.3 is 5.97 Å². The van der Waals surface area contributed by atoms with Crippen LogP contribution in [0.3, 0.4) is 0 Å². The van der Waals surface area contributed by atoms with Gasteiger partial charge in [0.15, 0.2) is 6.61 Å². The van der Waals surface area contributed by atoms with Gasteiger partial charge in [-0.05, 0) is 43.0 Å². The first kappa shape index (κ1) is 16.0. The number of hydrogen-bond donors (Lipinski definition) is 2. The normalized spacial score (nSPS) is 11.7. The zero-order valence-electron chi connectivity index (χ0n) is 12.3. The quantitative estimate of drug-likeness (QED) is 0.831. The molecule has 1 aromatic carbocycles. The van der Waals surface area contributed by atoms with Gasteiger partial charge in [0.05, 0.1) is 6.04 Å². The van der Waals surface area contributed by atoms with E-state index < -0.39 is 5.97 Å². The van der Waals surface area contributed by atoms with E-state index >= 15 is 0 Å². The third-order valence-electron chi connectivity index (χ3n) is 3.05. The maximum atomic E-state index is 11.8. The van der Waals surface area contributed by atoms with Crippen molar-refractivity contribution in [3.63, 3.8) is 0 Å². The molecule has 0 fully saturated rings. The second kappa shape index (κ2) is 7.09. The van der Waals surface area contributed by atoms with Crippen molar-refractivity contribution in [1.29, 1.82) is 0 Å². The van der Waals surface area contributed by atoms with Crippen LogP contribution in [0.2, 0.25) is 0 Å². The summed E-state index contributed by atoms with van der Waals surface area (Å²) in [6, 6.07) is 8.32. The summed E-state index contributed by atoms with van der Waals surface area (Å²) in [5.41, 5.74) is 0.876. The highest BCUT2D eigenvalue weighted by molar-refractivity contribution is 7.10. The molecule has 0 saturated heterocycles. The lowest BCUT2D eigenvalue weighted by molar-refractivity contribution is -0.124. The highest BCUT2D eigenvalue weighted by atomic mass is 32.1. The number of carbonyl (C=O) groups is 2. The molecule has 1 aromatic heterocycles. The van der Waals surface area contributed by atoms with Crippen molar-refractivity contribution in [2.45, 2.75) is 19.9 Å². The minimum absolute atomic E-state index is 0.0460. The summed E-state index contributed by atoms with van der Waals surface area (Å²) < 4.78 is 4.92. The van der Waals surface area contributed by atoms with Gasteiger partial charge in [-0.25, -0.2) is 4.79 Å². The molecule has 0 saturated carbocycles. The van der Waals surface area contributed by atoms with E-state index in [1.807, 2.05) is 24.4 Å². The molecule has 116 valence electrons. The van der Waals surface area contributed by atoms with E-state index in [9.17, 15) is 14.7 Å². The summed E-state index contributed by atoms with van der Waals surface area (Å²) in [5.74, 6) is -1.27. The van der Waals surface area contributed by atoms with Crippen LogP contribution in [0, 0.1) is 6.92 Å². The fraction of sp³-hybridized carbons (Fsp3) is 0.250. The Hall–Kier alpha value is -2.34. The number of phenolic OH excluding ortho intramolecular Hbond substituents is 1. The average molecular weight is 319 g/mol. The number of carbonyl (C=O) groups excluding carboxylic acids is 2. The fourth-order valence-corrected chi connectivity index (χ4v) is 2.65. The summed E-state index contributed by atoms with van der Waals surface area (Å²) in [5, 5.41) is 14.4. The predicted molar refractivity (Wildman–Crippen MR) is 84.0 cm³/mol. The molecule has 22 heavy (non-hydrogen) atoms. The molecule has 0 spiro atoms. The Balaban J connectivity index is 1.86. The second-order valence-electron chi connectivity index (χ2n) is 4.90. The van der Waals surface area contributed by atoms with Crippen molar-refractivity contribution in [2.75, 3.05) is 6.61 Å². The minimum atomic E-state index is -0.726. The lowest BCUT2D eigenvalue weighted by atomic mass is 10.1. The first-order chi connectivity index (χ1) is 10.5. The van der Waals surface area contributed by atoms with Crippen LogP contribution in [0.1, 0.15) is 33.8 Å². The highest BCUT2D eigenvalue weighted by Crippen LogP contribution is 2.20. The number of hydrogen-bond acceptors (Lipinski definition) is 5. The molecule has 2 N–H and O–H groups in total. The number of ether oxygens (including phenoxy) is 1. The number of amides is 1. The van der Waals surface area contributed by atoms with Crippen molar-refractivity contribution < 1.29 is 19.4 Å². The highest BCUT2D eigenvalue weighted by Gasteiger charge is 2.16. The van der Waals surface area contributed by atoms with Gasteiger partial charge in [-0.3, -0.25) is 4.79 Å². The molecule has 0 radical (unpaired) electrons. The number of aryl methyl sites for hydroxylation is 1. The molecule has 2 rings (SSSR count). The molecule has 0 aliphatic carbocycles. The SMILES string of the molecule is Cc1ccc(C(=O)OCC(=O)N[C@@H](C)c2cccs2)c(O)c1. The van der Waals surface area contributed by atoms with Crippen LogP contribution in [-0.2, 0) is 9.53 Å². The summed E-state index contributed by atoms with van der Waals surface area (Å²) >= 11 is 1.54. The minimum Gasteiger partial charge on any atom is -0.507 e. The van der Waals surface area contributed by atoms with Gasteiger partial charge in [0.2, 0.25) is 0 Å². The molecule has 2 aromatic rings. The van der Waals surface area contributed by atoms with Crippen LogP contribution in [0.15, 0.2) is 35.7 Å². The monoisotopic (exact) mass is 319 g/mol. The molecule has 1 atom stereocenters. The largest absolute Gasteiger partial charge is 0.507 e. The molecule has 1 amide bonds. The van der Waals surface area contributed by atoms with Crippen LogP contribution in [0.4, 0.5) is 0 Å². The van der Waals surface area contributed by atoms with Crippen molar-refractivity contribution in [2.24, 2.45) is 0 Å². The van der Waals surface area contributed by atoms with E-state index in [0.29, 0.717) is 0 Å². The summed E-state index contributed by atoms with van der Waals surface area (Å²) in [7, 11) is 0. The first-order valence-corrected chi connectivity index (χ1v) is 7.65. The number of benzene rings is 1. The third-order valence-corrected chi connectivity index (χ3v) is 4.11. The molecule has 0 aliphatic rings. The number of nitrogens with one attached hydrogen (secondary N) is 1. The van der Waals surface area contributed by atoms with Crippen LogP contribution in [0.25, 0.3) is 0 Å². The zero-order chi connectivity index (χ0) is 16.1. The number of aromatic hydroxyl groups is 1. The molecule has 0 aliphatic heterocycles. The Morgan fingerprint density at radius 3 is 2.77 bits per heavy atom. The van der Waals surface area contributed by atoms with E-state index in [4.69, 9.17) is 4.74 Å². The first-order valence-electron chi connectivity index (χ1n) is 6.77. The van der Waals surface area contributed by atoms with Crippen LogP contribution >= 0.6 is 11.3 Å². The third kappa shape index (κ3) is 4.08. The van der Waals surface area contributed by atoms with Gasteiger partial charge in [-0.1, -0.05) is 12.1 Å². The van der Waals surface area contributed by atoms with Crippen LogP contribution in [-0.4, -0.2) is 23.6 Å². The van der Waals surface area contributed by atoms with E-state index in [1.54, 1.807) is 24.3 Å². The Morgan fingerprint density at radius 2 is 2.14 bits per heavy atom. The number of rotatable bonds is 5. The van der Waals surface area contributed by atoms with Crippen LogP contribution in [0.5, 0.6) is 5.75 Å². The van der Waals surface area contributed by atoms with Gasteiger partial charge in [0.25, 0.3) is 5.91 Å². The predicted octanol–water partition coefficient (Wildman–Crippen LogP) is 2.80. The van der Waals surface area contributed by atoms with Gasteiger partial charge in [0.1, 0.15) is 11.3 Å². The number of esters is 1. The lowest BCUT2D eigenvalue weighted by Crippen LogP contribution is -2.30. The number of phenols is 1. The number of thiophene rings is 1. The van der Waals surface area contributed by atoms with E-state index in [1.165, 1.54) is 12.1 Å². The van der Waals surface area contributed by atoms with Crippen molar-refractivity contribution in [3.8, 4) is 5.75 Å². The average Bonchev–Trinajstić information content (AvgIpc) is 2.99. The summed E-state index contributed by atoms with van der Waals surface area (Å²) in [6.07, 6.45) is 0. The second-order valence-corrected chi connectivity index (χ2v) is 5.88. The molecular formula is C16H17NO4S. The van der Waals surface area contributed by atoms with E-state index in [0.717, 1.165) is 10.4 Å². The Labute approximate surface area is 132 Å². The van der Waals surface area contributed by atoms with Crippen molar-refractivity contribution >= 4 is 23.2 Å². The molecule has 0 unspecified atom stereocenters. The Kier molecular flexibility index (Phi) is 5.16. The molecule has 5 nitrogen and oxygen atoms in total. The summed E-state index contributed by atoms with van der Waals surface area (Å²) in [6.45, 7) is 3.27. The standard InChI is InChI=1S/C16H17NO4S/c1-10-5-6-12(13(18)8-10)16(20)21-9-15(19)17-11(2)14-4-3-7-22-14/h3-8,11,18H,9H2,1-2H3,(H,17,19)/t11-/m0/s1. The Bertz CT molecular complexity index is 667. The topological polar surface area (TPSA) is 75.6 Å². The maximum Gasteiger partial charge on any atom is 0.342 e.